The minimum absolute atomic E-state index is 0.235. The zero-order valence-electron chi connectivity index (χ0n) is 23.7. The van der Waals surface area contributed by atoms with Crippen molar-refractivity contribution in [2.24, 2.45) is 5.73 Å². The molecule has 2 fully saturated rings. The highest BCUT2D eigenvalue weighted by Crippen LogP contribution is 2.35. The standard InChI is InChI=1S/C14H18N2O5.C12H22O11/c1-21-14(20)11(7-9-5-3-2-4-6-9)16-13(19)10(15)8-12(17)18;13-1-4-6(16)8(18)9(19)11(21-4)23-12(3-15)10(20)7(17)5(2-14)22-12/h2-6,10-11H,7-8,15H2,1H3,(H,16,19)(H,17,18);4-11,13-20H,1-3H2/t10-,11-;4-,5-,6-,7-,8+,9-,10+,11-,12+/m01/s1. The Bertz CT molecular complexity index is 1060. The van der Waals surface area contributed by atoms with Crippen LogP contribution in [0.1, 0.15) is 12.0 Å². The zero-order valence-corrected chi connectivity index (χ0v) is 23.7. The molecule has 18 heteroatoms. The van der Waals surface area contributed by atoms with Crippen LogP contribution < -0.4 is 11.1 Å². The average molecular weight is 637 g/mol. The highest BCUT2D eigenvalue weighted by Gasteiger charge is 2.58. The maximum absolute atomic E-state index is 11.8. The number of esters is 1. The first-order chi connectivity index (χ1) is 20.7. The third kappa shape index (κ3) is 9.33. The van der Waals surface area contributed by atoms with E-state index in [0.29, 0.717) is 0 Å². The van der Waals surface area contributed by atoms with Gasteiger partial charge in [0.05, 0.1) is 32.8 Å². The van der Waals surface area contributed by atoms with E-state index in [-0.39, 0.29) is 6.42 Å². The van der Waals surface area contributed by atoms with Crippen molar-refractivity contribution >= 4 is 17.8 Å². The average Bonchev–Trinajstić information content (AvgIpc) is 3.25. The number of carbonyl (C=O) groups excluding carboxylic acids is 2. The molecule has 2 saturated heterocycles. The maximum Gasteiger partial charge on any atom is 0.328 e. The summed E-state index contributed by atoms with van der Waals surface area (Å²) in [6.07, 6.45) is -12.9. The molecule has 0 bridgehead atoms. The molecule has 18 nitrogen and oxygen atoms in total. The third-order valence-corrected chi connectivity index (χ3v) is 6.89. The van der Waals surface area contributed by atoms with E-state index in [1.807, 2.05) is 18.2 Å². The lowest BCUT2D eigenvalue weighted by atomic mass is 9.99. The topological polar surface area (TPSA) is 308 Å². The second-order valence-corrected chi connectivity index (χ2v) is 10.0. The van der Waals surface area contributed by atoms with Crippen molar-refractivity contribution in [3.8, 4) is 0 Å². The summed E-state index contributed by atoms with van der Waals surface area (Å²) < 4.78 is 20.1. The van der Waals surface area contributed by atoms with Gasteiger partial charge < -0.3 is 76.0 Å². The van der Waals surface area contributed by atoms with Gasteiger partial charge in [-0.3, -0.25) is 9.59 Å². The number of carboxylic acid groups (broad SMARTS) is 1. The minimum Gasteiger partial charge on any atom is -0.481 e. The van der Waals surface area contributed by atoms with Crippen LogP contribution in [0.4, 0.5) is 0 Å². The van der Waals surface area contributed by atoms with Crippen LogP contribution in [0, 0.1) is 0 Å². The highest BCUT2D eigenvalue weighted by molar-refractivity contribution is 5.89. The van der Waals surface area contributed by atoms with Gasteiger partial charge in [-0.05, 0) is 5.56 Å². The van der Waals surface area contributed by atoms with Crippen molar-refractivity contribution in [3.05, 3.63) is 35.9 Å². The van der Waals surface area contributed by atoms with Crippen molar-refractivity contribution in [1.29, 1.82) is 0 Å². The van der Waals surface area contributed by atoms with E-state index in [9.17, 15) is 45.0 Å². The number of aliphatic hydroxyl groups is 8. The van der Waals surface area contributed by atoms with E-state index in [2.05, 4.69) is 10.1 Å². The number of amides is 1. The molecule has 0 aliphatic carbocycles. The molecule has 2 heterocycles. The molecular weight excluding hydrogens is 596 g/mol. The largest absolute Gasteiger partial charge is 0.481 e. The number of ether oxygens (including phenoxy) is 4. The fraction of sp³-hybridized carbons (Fsp3) is 0.654. The first-order valence-electron chi connectivity index (χ1n) is 13.4. The molecule has 11 atom stereocenters. The van der Waals surface area contributed by atoms with E-state index in [4.69, 9.17) is 35.3 Å². The Morgan fingerprint density at radius 2 is 1.57 bits per heavy atom. The monoisotopic (exact) mass is 636 g/mol. The normalized spacial score (nSPS) is 33.0. The number of rotatable bonds is 12. The molecule has 0 radical (unpaired) electrons. The summed E-state index contributed by atoms with van der Waals surface area (Å²) in [5.41, 5.74) is 6.29. The quantitative estimate of drug-likeness (QED) is 0.0952. The van der Waals surface area contributed by atoms with Crippen LogP contribution in [-0.2, 0) is 39.8 Å². The van der Waals surface area contributed by atoms with Crippen LogP contribution in [-0.4, -0.2) is 158 Å². The number of aliphatic hydroxyl groups excluding tert-OH is 8. The molecule has 3 rings (SSSR count). The summed E-state index contributed by atoms with van der Waals surface area (Å²) >= 11 is 0. The number of hydrogen-bond donors (Lipinski definition) is 11. The van der Waals surface area contributed by atoms with Gasteiger partial charge in [0.15, 0.2) is 6.29 Å². The number of nitrogens with two attached hydrogens (primary N) is 1. The fourth-order valence-corrected chi connectivity index (χ4v) is 4.38. The summed E-state index contributed by atoms with van der Waals surface area (Å²) in [6.45, 7) is -2.32. The van der Waals surface area contributed by atoms with Crippen LogP contribution in [0.15, 0.2) is 30.3 Å². The molecule has 1 amide bonds. The van der Waals surface area contributed by atoms with Gasteiger partial charge in [-0.1, -0.05) is 30.3 Å². The van der Waals surface area contributed by atoms with Crippen molar-refractivity contribution < 1.29 is 79.3 Å². The first kappa shape index (κ1) is 37.3. The molecule has 250 valence electrons. The van der Waals surface area contributed by atoms with Crippen molar-refractivity contribution in [3.63, 3.8) is 0 Å². The molecule has 0 spiro atoms. The number of carboxylic acids is 1. The number of benzene rings is 1. The number of aliphatic carboxylic acids is 1. The summed E-state index contributed by atoms with van der Waals surface area (Å²) in [5.74, 6) is -4.73. The lowest BCUT2D eigenvalue weighted by Gasteiger charge is -2.43. The smallest absolute Gasteiger partial charge is 0.328 e. The van der Waals surface area contributed by atoms with E-state index in [1.165, 1.54) is 7.11 Å². The Balaban J connectivity index is 0.000000308. The molecule has 1 aromatic carbocycles. The molecule has 0 aromatic heterocycles. The number of hydrogen-bond acceptors (Lipinski definition) is 16. The molecule has 0 unspecified atom stereocenters. The van der Waals surface area contributed by atoms with Gasteiger partial charge in [-0.2, -0.15) is 0 Å². The second-order valence-electron chi connectivity index (χ2n) is 10.0. The van der Waals surface area contributed by atoms with Gasteiger partial charge in [0.1, 0.15) is 55.4 Å². The molecule has 0 saturated carbocycles. The molecular formula is C26H40N2O16. The van der Waals surface area contributed by atoms with Gasteiger partial charge in [-0.15, -0.1) is 0 Å². The Labute approximate surface area is 251 Å². The minimum atomic E-state index is -2.22. The SMILES string of the molecule is COC(=O)[C@H](Cc1ccccc1)NC(=O)[C@@H](N)CC(=O)O.OC[C@H]1O[C@@](CO)(O[C@H]2O[C@H](CO)[C@@H](O)[C@H](O)[C@H]2O)[C@@H](O)[C@@H]1O. The van der Waals surface area contributed by atoms with E-state index < -0.39 is 111 Å². The second kappa shape index (κ2) is 17.0. The number of carbonyl (C=O) groups is 3. The van der Waals surface area contributed by atoms with Crippen molar-refractivity contribution in [2.75, 3.05) is 26.9 Å². The van der Waals surface area contributed by atoms with Gasteiger partial charge in [0.2, 0.25) is 11.7 Å². The Morgan fingerprint density at radius 1 is 0.955 bits per heavy atom. The van der Waals surface area contributed by atoms with E-state index in [0.717, 1.165) is 5.56 Å². The summed E-state index contributed by atoms with van der Waals surface area (Å²) in [5, 5.41) is 87.7. The summed E-state index contributed by atoms with van der Waals surface area (Å²) in [4.78, 5) is 34.0. The predicted octanol–water partition coefficient (Wildman–Crippen LogP) is -5.71. The lowest BCUT2D eigenvalue weighted by Crippen LogP contribution is -2.62. The highest BCUT2D eigenvalue weighted by atomic mass is 16.8. The molecule has 2 aliphatic rings. The molecule has 1 aromatic rings. The number of nitrogens with one attached hydrogen (secondary N) is 1. The Kier molecular flexibility index (Phi) is 14.4. The van der Waals surface area contributed by atoms with Crippen LogP contribution in [0.2, 0.25) is 0 Å². The summed E-state index contributed by atoms with van der Waals surface area (Å²) in [6, 6.07) is 6.93. The van der Waals surface area contributed by atoms with E-state index >= 15 is 0 Å². The molecule has 44 heavy (non-hydrogen) atoms. The van der Waals surface area contributed by atoms with Gasteiger partial charge >= 0.3 is 11.9 Å². The third-order valence-electron chi connectivity index (χ3n) is 6.89. The molecule has 12 N–H and O–H groups in total. The van der Waals surface area contributed by atoms with Crippen LogP contribution in [0.5, 0.6) is 0 Å². The van der Waals surface area contributed by atoms with Gasteiger partial charge in [0, 0.05) is 6.42 Å². The maximum atomic E-state index is 11.8. The van der Waals surface area contributed by atoms with Crippen LogP contribution in [0.3, 0.4) is 0 Å². The van der Waals surface area contributed by atoms with Gasteiger partial charge in [0.25, 0.3) is 0 Å². The van der Waals surface area contributed by atoms with Crippen LogP contribution >= 0.6 is 0 Å². The summed E-state index contributed by atoms with van der Waals surface area (Å²) in [7, 11) is 1.21. The van der Waals surface area contributed by atoms with E-state index in [1.54, 1.807) is 12.1 Å². The van der Waals surface area contributed by atoms with Gasteiger partial charge in [-0.25, -0.2) is 4.79 Å². The predicted molar refractivity (Wildman–Crippen MR) is 143 cm³/mol. The zero-order chi connectivity index (χ0) is 33.2. The van der Waals surface area contributed by atoms with Crippen LogP contribution in [0.25, 0.3) is 0 Å². The lowest BCUT2D eigenvalue weighted by molar-refractivity contribution is -0.383. The first-order valence-corrected chi connectivity index (χ1v) is 13.4. The fourth-order valence-electron chi connectivity index (χ4n) is 4.38. The number of methoxy groups -OCH3 is 1. The Hall–Kier alpha value is -2.85. The Morgan fingerprint density at radius 3 is 2.07 bits per heavy atom. The van der Waals surface area contributed by atoms with Crippen molar-refractivity contribution in [2.45, 2.75) is 79.7 Å². The molecule has 2 aliphatic heterocycles. The van der Waals surface area contributed by atoms with Crippen molar-refractivity contribution in [1.82, 2.24) is 5.32 Å².